The zero-order chi connectivity index (χ0) is 11.9. The molecule has 2 rings (SSSR count). The predicted molar refractivity (Wildman–Crippen MR) is 54.9 cm³/mol. The van der Waals surface area contributed by atoms with Crippen LogP contribution in [-0.2, 0) is 6.42 Å². The molecule has 0 unspecified atom stereocenters. The second-order valence-corrected chi connectivity index (χ2v) is 3.54. The van der Waals surface area contributed by atoms with Crippen molar-refractivity contribution in [1.82, 2.24) is 0 Å². The van der Waals surface area contributed by atoms with E-state index in [1.54, 1.807) is 6.92 Å². The molecule has 0 fully saturated rings. The topological polar surface area (TPSA) is 20.2 Å². The summed E-state index contributed by atoms with van der Waals surface area (Å²) in [7, 11) is 0. The second kappa shape index (κ2) is 3.70. The number of benzene rings is 2. The summed E-state index contributed by atoms with van der Waals surface area (Å²) in [5, 5.41) is 9.54. The molecule has 1 nitrogen and oxygen atoms in total. The molecule has 2 aromatic rings. The van der Waals surface area contributed by atoms with Gasteiger partial charge in [0.15, 0.2) is 17.5 Å². The molecule has 0 aliphatic carbocycles. The molecule has 0 heterocycles. The lowest BCUT2D eigenvalue weighted by atomic mass is 10.0. The van der Waals surface area contributed by atoms with Crippen LogP contribution in [0.2, 0.25) is 0 Å². The highest BCUT2D eigenvalue weighted by atomic mass is 19.2. The van der Waals surface area contributed by atoms with E-state index in [0.29, 0.717) is 12.0 Å². The Bertz CT molecular complexity index is 564. The Morgan fingerprint density at radius 2 is 1.75 bits per heavy atom. The number of rotatable bonds is 1. The number of hydrogen-bond donors (Lipinski definition) is 1. The minimum absolute atomic E-state index is 0.0270. The second-order valence-electron chi connectivity index (χ2n) is 3.54. The fourth-order valence-electron chi connectivity index (χ4n) is 1.78. The average Bonchev–Trinajstić information content (AvgIpc) is 2.24. The standard InChI is InChI=1S/C12H9F3O/c1-2-6-3-8(16)4-7-5-9(13)11(14)12(15)10(6)7/h3-5,16H,2H2,1H3. The Labute approximate surface area is 90.1 Å². The van der Waals surface area contributed by atoms with E-state index in [0.717, 1.165) is 6.07 Å². The molecular formula is C12H9F3O. The van der Waals surface area contributed by atoms with Gasteiger partial charge < -0.3 is 5.11 Å². The SMILES string of the molecule is CCc1cc(O)cc2cc(F)c(F)c(F)c12. The van der Waals surface area contributed by atoms with Gasteiger partial charge in [-0.25, -0.2) is 13.2 Å². The molecule has 0 aromatic heterocycles. The molecular weight excluding hydrogens is 217 g/mol. The molecule has 0 aliphatic rings. The minimum atomic E-state index is -1.48. The number of fused-ring (bicyclic) bond motifs is 1. The Morgan fingerprint density at radius 1 is 1.06 bits per heavy atom. The van der Waals surface area contributed by atoms with Gasteiger partial charge in [-0.2, -0.15) is 0 Å². The third-order valence-corrected chi connectivity index (χ3v) is 2.52. The number of aryl methyl sites for hydroxylation is 1. The largest absolute Gasteiger partial charge is 0.508 e. The van der Waals surface area contributed by atoms with Crippen LogP contribution >= 0.6 is 0 Å². The first-order valence-corrected chi connectivity index (χ1v) is 4.83. The molecule has 0 saturated heterocycles. The molecule has 0 atom stereocenters. The van der Waals surface area contributed by atoms with Crippen LogP contribution in [0.5, 0.6) is 5.75 Å². The first kappa shape index (κ1) is 10.8. The van der Waals surface area contributed by atoms with E-state index in [1.165, 1.54) is 12.1 Å². The van der Waals surface area contributed by atoms with Crippen LogP contribution in [-0.4, -0.2) is 5.11 Å². The summed E-state index contributed by atoms with van der Waals surface area (Å²) in [6, 6.07) is 3.44. The van der Waals surface area contributed by atoms with E-state index < -0.39 is 17.5 Å². The van der Waals surface area contributed by atoms with Gasteiger partial charge in [-0.05, 0) is 35.6 Å². The summed E-state index contributed by atoms with van der Waals surface area (Å²) < 4.78 is 39.6. The molecule has 0 saturated carbocycles. The summed E-state index contributed by atoms with van der Waals surface area (Å²) in [4.78, 5) is 0. The Hall–Kier alpha value is -1.71. The minimum Gasteiger partial charge on any atom is -0.508 e. The lowest BCUT2D eigenvalue weighted by molar-refractivity contribution is 0.452. The van der Waals surface area contributed by atoms with E-state index >= 15 is 0 Å². The van der Waals surface area contributed by atoms with Gasteiger partial charge in [0.05, 0.1) is 0 Å². The van der Waals surface area contributed by atoms with Crippen molar-refractivity contribution in [2.45, 2.75) is 13.3 Å². The van der Waals surface area contributed by atoms with E-state index in [9.17, 15) is 18.3 Å². The highest BCUT2D eigenvalue weighted by molar-refractivity contribution is 5.88. The molecule has 0 amide bonds. The molecule has 2 aromatic carbocycles. The van der Waals surface area contributed by atoms with Gasteiger partial charge in [0.1, 0.15) is 5.75 Å². The highest BCUT2D eigenvalue weighted by Crippen LogP contribution is 2.30. The quantitative estimate of drug-likeness (QED) is 0.737. The third kappa shape index (κ3) is 1.50. The molecule has 0 aliphatic heterocycles. The maximum atomic E-state index is 13.5. The fourth-order valence-corrected chi connectivity index (χ4v) is 1.78. The van der Waals surface area contributed by atoms with Crippen LogP contribution in [0.25, 0.3) is 10.8 Å². The van der Waals surface area contributed by atoms with Gasteiger partial charge >= 0.3 is 0 Å². The number of hydrogen-bond acceptors (Lipinski definition) is 1. The predicted octanol–water partition coefficient (Wildman–Crippen LogP) is 3.53. The van der Waals surface area contributed by atoms with Gasteiger partial charge in [-0.3, -0.25) is 0 Å². The summed E-state index contributed by atoms with van der Waals surface area (Å²) in [6.45, 7) is 1.74. The van der Waals surface area contributed by atoms with E-state index in [1.807, 2.05) is 0 Å². The zero-order valence-corrected chi connectivity index (χ0v) is 8.52. The Morgan fingerprint density at radius 3 is 2.38 bits per heavy atom. The normalized spacial score (nSPS) is 11.0. The smallest absolute Gasteiger partial charge is 0.195 e. The Kier molecular flexibility index (Phi) is 2.50. The fraction of sp³-hybridized carbons (Fsp3) is 0.167. The van der Waals surface area contributed by atoms with Crippen LogP contribution in [0, 0.1) is 17.5 Å². The monoisotopic (exact) mass is 226 g/mol. The third-order valence-electron chi connectivity index (χ3n) is 2.52. The lowest BCUT2D eigenvalue weighted by Crippen LogP contribution is -1.95. The summed E-state index contributed by atoms with van der Waals surface area (Å²) in [5.74, 6) is -4.02. The summed E-state index contributed by atoms with van der Waals surface area (Å²) in [5.41, 5.74) is 0.450. The molecule has 1 N–H and O–H groups in total. The summed E-state index contributed by atoms with van der Waals surface area (Å²) in [6.07, 6.45) is 0.424. The number of phenolic OH excluding ortho intramolecular Hbond substituents is 1. The summed E-state index contributed by atoms with van der Waals surface area (Å²) >= 11 is 0. The van der Waals surface area contributed by atoms with Crippen molar-refractivity contribution < 1.29 is 18.3 Å². The molecule has 0 spiro atoms. The lowest BCUT2D eigenvalue weighted by Gasteiger charge is -2.08. The van der Waals surface area contributed by atoms with Gasteiger partial charge in [0.25, 0.3) is 0 Å². The van der Waals surface area contributed by atoms with Crippen molar-refractivity contribution in [2.24, 2.45) is 0 Å². The van der Waals surface area contributed by atoms with Crippen molar-refractivity contribution in [3.8, 4) is 5.75 Å². The van der Waals surface area contributed by atoms with Gasteiger partial charge in [-0.1, -0.05) is 6.92 Å². The van der Waals surface area contributed by atoms with Crippen molar-refractivity contribution in [2.75, 3.05) is 0 Å². The van der Waals surface area contributed by atoms with Crippen molar-refractivity contribution >= 4 is 10.8 Å². The van der Waals surface area contributed by atoms with Crippen LogP contribution in [0.1, 0.15) is 12.5 Å². The van der Waals surface area contributed by atoms with Crippen LogP contribution < -0.4 is 0 Å². The zero-order valence-electron chi connectivity index (χ0n) is 8.52. The van der Waals surface area contributed by atoms with Crippen molar-refractivity contribution in [3.05, 3.63) is 41.2 Å². The Balaban J connectivity index is 2.95. The van der Waals surface area contributed by atoms with E-state index in [-0.39, 0.29) is 16.5 Å². The van der Waals surface area contributed by atoms with Gasteiger partial charge in [-0.15, -0.1) is 0 Å². The van der Waals surface area contributed by atoms with Crippen LogP contribution in [0.3, 0.4) is 0 Å². The average molecular weight is 226 g/mol. The maximum absolute atomic E-state index is 13.5. The van der Waals surface area contributed by atoms with E-state index in [2.05, 4.69) is 0 Å². The number of aromatic hydroxyl groups is 1. The first-order valence-electron chi connectivity index (χ1n) is 4.83. The van der Waals surface area contributed by atoms with Crippen molar-refractivity contribution in [1.29, 1.82) is 0 Å². The number of phenols is 1. The van der Waals surface area contributed by atoms with Gasteiger partial charge in [0.2, 0.25) is 0 Å². The maximum Gasteiger partial charge on any atom is 0.195 e. The molecule has 0 bridgehead atoms. The molecule has 4 heteroatoms. The number of halogens is 3. The van der Waals surface area contributed by atoms with Crippen molar-refractivity contribution in [3.63, 3.8) is 0 Å². The van der Waals surface area contributed by atoms with E-state index in [4.69, 9.17) is 0 Å². The van der Waals surface area contributed by atoms with Crippen LogP contribution in [0.15, 0.2) is 18.2 Å². The van der Waals surface area contributed by atoms with Crippen LogP contribution in [0.4, 0.5) is 13.2 Å². The molecule has 0 radical (unpaired) electrons. The van der Waals surface area contributed by atoms with Gasteiger partial charge in [0, 0.05) is 5.39 Å². The highest BCUT2D eigenvalue weighted by Gasteiger charge is 2.16. The molecule has 16 heavy (non-hydrogen) atoms. The molecule has 84 valence electrons. The first-order chi connectivity index (χ1) is 7.54.